The summed E-state index contributed by atoms with van der Waals surface area (Å²) >= 11 is 3.51. The number of hydrogen-bond acceptors (Lipinski definition) is 1. The van der Waals surface area contributed by atoms with Gasteiger partial charge in [0, 0.05) is 11.1 Å². The molecule has 0 amide bonds. The van der Waals surface area contributed by atoms with Gasteiger partial charge in [0.05, 0.1) is 0 Å². The summed E-state index contributed by atoms with van der Waals surface area (Å²) in [6.07, 6.45) is 6.07. The highest BCUT2D eigenvalue weighted by molar-refractivity contribution is 9.10. The van der Waals surface area contributed by atoms with Gasteiger partial charge in [-0.2, -0.15) is 0 Å². The van der Waals surface area contributed by atoms with Crippen molar-refractivity contribution in [3.8, 4) is 0 Å². The zero-order valence-corrected chi connectivity index (χ0v) is 11.8. The smallest absolute Gasteiger partial charge is 0.0474 e. The molecule has 0 bridgehead atoms. The Kier molecular flexibility index (Phi) is 6.95. The van der Waals surface area contributed by atoms with E-state index in [0.717, 1.165) is 29.3 Å². The zero-order chi connectivity index (χ0) is 12.5. The van der Waals surface area contributed by atoms with Gasteiger partial charge in [0.25, 0.3) is 0 Å². The van der Waals surface area contributed by atoms with Gasteiger partial charge >= 0.3 is 0 Å². The molecule has 0 heterocycles. The van der Waals surface area contributed by atoms with Crippen molar-refractivity contribution >= 4 is 22.0 Å². The normalized spacial score (nSPS) is 9.82. The van der Waals surface area contributed by atoms with Crippen LogP contribution < -0.4 is 0 Å². The summed E-state index contributed by atoms with van der Waals surface area (Å²) in [7, 11) is 0. The van der Waals surface area contributed by atoms with Crippen LogP contribution in [0.2, 0.25) is 0 Å². The van der Waals surface area contributed by atoms with Crippen molar-refractivity contribution in [1.82, 2.24) is 0 Å². The third-order valence-corrected chi connectivity index (χ3v) is 3.30. The van der Waals surface area contributed by atoms with E-state index >= 15 is 0 Å². The number of unbranched alkanes of at least 4 members (excludes halogenated alkanes) is 1. The molecule has 1 nitrogen and oxygen atoms in total. The molecule has 0 aliphatic heterocycles. The molecule has 0 radical (unpaired) electrons. The molecule has 17 heavy (non-hydrogen) atoms. The number of aliphatic hydroxyl groups is 1. The molecule has 0 saturated heterocycles. The van der Waals surface area contributed by atoms with E-state index in [2.05, 4.69) is 28.6 Å². The lowest BCUT2D eigenvalue weighted by atomic mass is 10.1. The number of hydrogen-bond donors (Lipinski definition) is 1. The zero-order valence-electron chi connectivity index (χ0n) is 10.2. The van der Waals surface area contributed by atoms with E-state index in [4.69, 9.17) is 5.11 Å². The second-order valence-corrected chi connectivity index (χ2v) is 4.85. The molecule has 1 aromatic rings. The quantitative estimate of drug-likeness (QED) is 0.763. The lowest BCUT2D eigenvalue weighted by Gasteiger charge is -2.01. The maximum Gasteiger partial charge on any atom is 0.0474 e. The van der Waals surface area contributed by atoms with Gasteiger partial charge in [0.1, 0.15) is 0 Å². The molecule has 92 valence electrons. The molecule has 0 saturated carbocycles. The Bertz CT molecular complexity index is 403. The van der Waals surface area contributed by atoms with Crippen LogP contribution in [-0.4, -0.2) is 11.7 Å². The lowest BCUT2D eigenvalue weighted by molar-refractivity contribution is 0.297. The summed E-state index contributed by atoms with van der Waals surface area (Å²) < 4.78 is 1.08. The largest absolute Gasteiger partial charge is 0.396 e. The summed E-state index contributed by atoms with van der Waals surface area (Å²) in [5, 5.41) is 9.00. The molecule has 0 atom stereocenters. The Morgan fingerprint density at radius 1 is 1.35 bits per heavy atom. The summed E-state index contributed by atoms with van der Waals surface area (Å²) in [6.45, 7) is 2.38. The second kappa shape index (κ2) is 8.30. The van der Waals surface area contributed by atoms with Crippen molar-refractivity contribution in [2.45, 2.75) is 32.6 Å². The molecule has 0 unspecified atom stereocenters. The minimum Gasteiger partial charge on any atom is -0.396 e. The van der Waals surface area contributed by atoms with Crippen LogP contribution in [0.15, 0.2) is 40.0 Å². The first-order chi connectivity index (χ1) is 8.27. The first-order valence-electron chi connectivity index (χ1n) is 6.07. The molecular weight excluding hydrogens is 276 g/mol. The van der Waals surface area contributed by atoms with Crippen molar-refractivity contribution < 1.29 is 5.11 Å². The van der Waals surface area contributed by atoms with Crippen LogP contribution in [0.5, 0.6) is 0 Å². The van der Waals surface area contributed by atoms with E-state index in [0.29, 0.717) is 0 Å². The molecule has 1 rings (SSSR count). The number of aliphatic hydroxyl groups excluding tert-OH is 1. The third kappa shape index (κ3) is 5.36. The van der Waals surface area contributed by atoms with Gasteiger partial charge in [-0.3, -0.25) is 0 Å². The predicted octanol–water partition coefficient (Wildman–Crippen LogP) is 4.56. The van der Waals surface area contributed by atoms with E-state index in [1.807, 2.05) is 30.3 Å². The average molecular weight is 295 g/mol. The van der Waals surface area contributed by atoms with Crippen molar-refractivity contribution in [1.29, 1.82) is 0 Å². The van der Waals surface area contributed by atoms with Crippen molar-refractivity contribution in [3.05, 3.63) is 45.6 Å². The summed E-state index contributed by atoms with van der Waals surface area (Å²) in [5.41, 5.74) is 5.64. The van der Waals surface area contributed by atoms with Gasteiger partial charge in [-0.25, -0.2) is 0 Å². The lowest BCUT2D eigenvalue weighted by Crippen LogP contribution is -1.87. The molecule has 0 aliphatic carbocycles. The number of rotatable bonds is 6. The van der Waals surface area contributed by atoms with Crippen LogP contribution in [0.3, 0.4) is 0 Å². The number of benzene rings is 1. The SMILES string of the molecule is CCCCC(=C=Cc1ccccc1Br)CCO. The van der Waals surface area contributed by atoms with E-state index in [1.165, 1.54) is 12.0 Å². The monoisotopic (exact) mass is 294 g/mol. The van der Waals surface area contributed by atoms with Gasteiger partial charge in [-0.1, -0.05) is 47.5 Å². The van der Waals surface area contributed by atoms with Gasteiger partial charge in [0.2, 0.25) is 0 Å². The minimum absolute atomic E-state index is 0.204. The molecule has 0 aromatic heterocycles. The van der Waals surface area contributed by atoms with Crippen LogP contribution in [0.1, 0.15) is 38.2 Å². The molecule has 0 fully saturated rings. The highest BCUT2D eigenvalue weighted by Crippen LogP contribution is 2.18. The van der Waals surface area contributed by atoms with Crippen LogP contribution in [-0.2, 0) is 0 Å². The summed E-state index contributed by atoms with van der Waals surface area (Å²) in [5.74, 6) is 0. The molecule has 0 spiro atoms. The highest BCUT2D eigenvalue weighted by atomic mass is 79.9. The standard InChI is InChI=1S/C15H19BrO/c1-2-3-6-13(11-12-17)9-10-14-7-4-5-8-15(14)16/h4-5,7-8,10,17H,2-3,6,11-12H2,1H3. The maximum absolute atomic E-state index is 9.00. The van der Waals surface area contributed by atoms with Gasteiger partial charge in [-0.15, -0.1) is 5.73 Å². The van der Waals surface area contributed by atoms with Crippen LogP contribution in [0.4, 0.5) is 0 Å². The fourth-order valence-corrected chi connectivity index (χ4v) is 1.97. The van der Waals surface area contributed by atoms with Crippen molar-refractivity contribution in [2.75, 3.05) is 6.61 Å². The Labute approximate surface area is 112 Å². The molecule has 2 heteroatoms. The molecule has 1 aromatic carbocycles. The predicted molar refractivity (Wildman–Crippen MR) is 76.9 cm³/mol. The number of halogens is 1. The van der Waals surface area contributed by atoms with E-state index in [9.17, 15) is 0 Å². The van der Waals surface area contributed by atoms with Gasteiger partial charge in [-0.05, 0) is 42.5 Å². The van der Waals surface area contributed by atoms with Crippen LogP contribution in [0.25, 0.3) is 6.08 Å². The van der Waals surface area contributed by atoms with Gasteiger partial charge in [0.15, 0.2) is 0 Å². The summed E-state index contributed by atoms with van der Waals surface area (Å²) in [4.78, 5) is 0. The van der Waals surface area contributed by atoms with Crippen LogP contribution >= 0.6 is 15.9 Å². The van der Waals surface area contributed by atoms with E-state index < -0.39 is 0 Å². The topological polar surface area (TPSA) is 20.2 Å². The fraction of sp³-hybridized carbons (Fsp3) is 0.400. The first-order valence-corrected chi connectivity index (χ1v) is 6.87. The summed E-state index contributed by atoms with van der Waals surface area (Å²) in [6, 6.07) is 8.08. The fourth-order valence-electron chi connectivity index (χ4n) is 1.57. The van der Waals surface area contributed by atoms with Crippen molar-refractivity contribution in [3.63, 3.8) is 0 Å². The Balaban J connectivity index is 2.84. The second-order valence-electron chi connectivity index (χ2n) is 3.99. The molecule has 1 N–H and O–H groups in total. The molecular formula is C15H19BrO. The maximum atomic E-state index is 9.00. The van der Waals surface area contributed by atoms with E-state index in [1.54, 1.807) is 0 Å². The third-order valence-electron chi connectivity index (χ3n) is 2.58. The van der Waals surface area contributed by atoms with E-state index in [-0.39, 0.29) is 6.61 Å². The van der Waals surface area contributed by atoms with Crippen molar-refractivity contribution in [2.24, 2.45) is 0 Å². The Morgan fingerprint density at radius 2 is 2.12 bits per heavy atom. The average Bonchev–Trinajstić information content (AvgIpc) is 2.34. The van der Waals surface area contributed by atoms with Gasteiger partial charge < -0.3 is 5.11 Å². The molecule has 0 aliphatic rings. The minimum atomic E-state index is 0.204. The first kappa shape index (κ1) is 14.2. The van der Waals surface area contributed by atoms with Crippen LogP contribution in [0, 0.1) is 0 Å². The highest BCUT2D eigenvalue weighted by Gasteiger charge is 1.96. The Hall–Kier alpha value is -0.820. The Morgan fingerprint density at radius 3 is 2.76 bits per heavy atom.